The molecule has 0 saturated heterocycles. The van der Waals surface area contributed by atoms with Crippen molar-refractivity contribution in [3.8, 4) is 0 Å². The molecule has 0 radical (unpaired) electrons. The highest BCUT2D eigenvalue weighted by atomic mass is 16.2. The third-order valence-electron chi connectivity index (χ3n) is 3.23. The number of amides is 1. The number of nitrogens with one attached hydrogen (secondary N) is 1. The monoisotopic (exact) mass is 255 g/mol. The zero-order chi connectivity index (χ0) is 13.4. The van der Waals surface area contributed by atoms with Crippen molar-refractivity contribution in [1.82, 2.24) is 10.2 Å². The molecule has 0 fully saturated rings. The number of hydrogen-bond acceptors (Lipinski definition) is 4. The molecule has 5 nitrogen and oxygen atoms in total. The summed E-state index contributed by atoms with van der Waals surface area (Å²) in [4.78, 5) is 29.6. The SMILES string of the molecule is CC(=O)C1=CN2C(c3ccccc3)=NCC2C(=O)N1. The van der Waals surface area contributed by atoms with Gasteiger partial charge in [-0.3, -0.25) is 14.6 Å². The fraction of sp³-hybridized carbons (Fsp3) is 0.214. The van der Waals surface area contributed by atoms with E-state index in [9.17, 15) is 9.59 Å². The molecule has 2 aliphatic rings. The highest BCUT2D eigenvalue weighted by molar-refractivity contribution is 6.08. The predicted molar refractivity (Wildman–Crippen MR) is 70.4 cm³/mol. The third kappa shape index (κ3) is 1.93. The first kappa shape index (κ1) is 11.6. The van der Waals surface area contributed by atoms with Crippen molar-refractivity contribution in [2.75, 3.05) is 6.54 Å². The molecule has 19 heavy (non-hydrogen) atoms. The molecule has 0 saturated carbocycles. The average molecular weight is 255 g/mol. The predicted octanol–water partition coefficient (Wildman–Crippen LogP) is 0.678. The van der Waals surface area contributed by atoms with E-state index >= 15 is 0 Å². The number of rotatable bonds is 2. The molecule has 0 spiro atoms. The minimum Gasteiger partial charge on any atom is -0.320 e. The Morgan fingerprint density at radius 2 is 2.11 bits per heavy atom. The third-order valence-corrected chi connectivity index (χ3v) is 3.23. The second-order valence-corrected chi connectivity index (χ2v) is 4.54. The molecular weight excluding hydrogens is 242 g/mol. The van der Waals surface area contributed by atoms with Gasteiger partial charge in [0.2, 0.25) is 5.91 Å². The van der Waals surface area contributed by atoms with Crippen LogP contribution < -0.4 is 5.32 Å². The Hall–Kier alpha value is -2.43. The molecule has 1 amide bonds. The maximum Gasteiger partial charge on any atom is 0.249 e. The van der Waals surface area contributed by atoms with E-state index in [1.165, 1.54) is 6.92 Å². The molecule has 1 N–H and O–H groups in total. The summed E-state index contributed by atoms with van der Waals surface area (Å²) in [7, 11) is 0. The number of benzene rings is 1. The van der Waals surface area contributed by atoms with Crippen molar-refractivity contribution in [3.63, 3.8) is 0 Å². The Kier molecular flexibility index (Phi) is 2.67. The Balaban J connectivity index is 2.00. The van der Waals surface area contributed by atoms with Gasteiger partial charge >= 0.3 is 0 Å². The lowest BCUT2D eigenvalue weighted by Gasteiger charge is -2.29. The molecule has 96 valence electrons. The largest absolute Gasteiger partial charge is 0.320 e. The lowest BCUT2D eigenvalue weighted by molar-refractivity contribution is -0.126. The Morgan fingerprint density at radius 3 is 2.79 bits per heavy atom. The van der Waals surface area contributed by atoms with E-state index in [0.717, 1.165) is 11.4 Å². The number of allylic oxidation sites excluding steroid dienone is 1. The van der Waals surface area contributed by atoms with E-state index in [1.54, 1.807) is 11.1 Å². The average Bonchev–Trinajstić information content (AvgIpc) is 2.84. The van der Waals surface area contributed by atoms with Gasteiger partial charge in [0, 0.05) is 18.7 Å². The van der Waals surface area contributed by atoms with Crippen molar-refractivity contribution in [3.05, 3.63) is 47.8 Å². The molecule has 1 aromatic rings. The van der Waals surface area contributed by atoms with E-state index in [-0.39, 0.29) is 17.7 Å². The first-order valence-corrected chi connectivity index (χ1v) is 6.08. The van der Waals surface area contributed by atoms with Gasteiger partial charge in [0.1, 0.15) is 17.6 Å². The molecule has 2 aliphatic heterocycles. The lowest BCUT2D eigenvalue weighted by atomic mass is 10.1. The van der Waals surface area contributed by atoms with Crippen LogP contribution in [0.1, 0.15) is 12.5 Å². The zero-order valence-electron chi connectivity index (χ0n) is 10.5. The summed E-state index contributed by atoms with van der Waals surface area (Å²) in [6.07, 6.45) is 1.67. The van der Waals surface area contributed by atoms with Gasteiger partial charge in [-0.1, -0.05) is 30.3 Å². The molecule has 0 aromatic heterocycles. The van der Waals surface area contributed by atoms with Crippen LogP contribution >= 0.6 is 0 Å². The van der Waals surface area contributed by atoms with Crippen LogP contribution in [0.15, 0.2) is 47.2 Å². The minimum absolute atomic E-state index is 0.161. The molecule has 1 atom stereocenters. The molecule has 1 aromatic carbocycles. The normalized spacial score (nSPS) is 21.4. The highest BCUT2D eigenvalue weighted by Gasteiger charge is 2.37. The van der Waals surface area contributed by atoms with E-state index in [1.807, 2.05) is 30.3 Å². The quantitative estimate of drug-likeness (QED) is 0.845. The number of nitrogens with zero attached hydrogens (tertiary/aromatic N) is 2. The van der Waals surface area contributed by atoms with Crippen LogP contribution in [0.3, 0.4) is 0 Å². The van der Waals surface area contributed by atoms with Gasteiger partial charge in [0.25, 0.3) is 0 Å². The van der Waals surface area contributed by atoms with Gasteiger partial charge in [-0.25, -0.2) is 0 Å². The number of carbonyl (C=O) groups is 2. The summed E-state index contributed by atoms with van der Waals surface area (Å²) in [5.74, 6) is 0.396. The van der Waals surface area contributed by atoms with Crippen molar-refractivity contribution in [2.45, 2.75) is 13.0 Å². The Morgan fingerprint density at radius 1 is 1.37 bits per heavy atom. The number of ketones is 1. The molecule has 0 bridgehead atoms. The van der Waals surface area contributed by atoms with Gasteiger partial charge in [-0.05, 0) is 0 Å². The maximum absolute atomic E-state index is 11.9. The minimum atomic E-state index is -0.349. The van der Waals surface area contributed by atoms with Crippen molar-refractivity contribution in [1.29, 1.82) is 0 Å². The number of hydrogen-bond donors (Lipinski definition) is 1. The summed E-state index contributed by atoms with van der Waals surface area (Å²) in [5, 5.41) is 2.62. The van der Waals surface area contributed by atoms with Crippen LogP contribution in [0.2, 0.25) is 0 Å². The lowest BCUT2D eigenvalue weighted by Crippen LogP contribution is -2.50. The number of carbonyl (C=O) groups excluding carboxylic acids is 2. The van der Waals surface area contributed by atoms with Gasteiger partial charge < -0.3 is 10.2 Å². The summed E-state index contributed by atoms with van der Waals surface area (Å²) in [5.41, 5.74) is 1.26. The first-order chi connectivity index (χ1) is 9.16. The Labute approximate surface area is 110 Å². The van der Waals surface area contributed by atoms with Crippen molar-refractivity contribution < 1.29 is 9.59 Å². The van der Waals surface area contributed by atoms with Crippen LogP contribution in [-0.2, 0) is 9.59 Å². The second kappa shape index (κ2) is 4.35. The standard InChI is InChI=1S/C14H13N3O2/c1-9(18)11-8-17-12(14(19)16-11)7-15-13(17)10-5-3-2-4-6-10/h2-6,8,12H,7H2,1H3,(H,16,19). The van der Waals surface area contributed by atoms with Gasteiger partial charge in [0.05, 0.1) is 6.54 Å². The van der Waals surface area contributed by atoms with Crippen LogP contribution in [0.25, 0.3) is 0 Å². The Bertz CT molecular complexity index is 604. The molecule has 1 unspecified atom stereocenters. The van der Waals surface area contributed by atoms with Crippen LogP contribution in [0.5, 0.6) is 0 Å². The number of aliphatic imine (C=N–C) groups is 1. The van der Waals surface area contributed by atoms with Crippen LogP contribution in [-0.4, -0.2) is 35.0 Å². The summed E-state index contributed by atoms with van der Waals surface area (Å²) < 4.78 is 0. The molecule has 0 aliphatic carbocycles. The van der Waals surface area contributed by atoms with Crippen molar-refractivity contribution in [2.24, 2.45) is 4.99 Å². The zero-order valence-corrected chi connectivity index (χ0v) is 10.5. The smallest absolute Gasteiger partial charge is 0.249 e. The molecule has 2 heterocycles. The summed E-state index contributed by atoms with van der Waals surface area (Å²) in [6, 6.07) is 9.30. The number of fused-ring (bicyclic) bond motifs is 1. The summed E-state index contributed by atoms with van der Waals surface area (Å²) >= 11 is 0. The van der Waals surface area contributed by atoms with E-state index in [2.05, 4.69) is 10.3 Å². The van der Waals surface area contributed by atoms with Gasteiger partial charge in [-0.15, -0.1) is 0 Å². The van der Waals surface area contributed by atoms with Crippen molar-refractivity contribution >= 4 is 17.5 Å². The van der Waals surface area contributed by atoms with E-state index < -0.39 is 0 Å². The van der Waals surface area contributed by atoms with E-state index in [0.29, 0.717) is 12.2 Å². The van der Waals surface area contributed by atoms with Crippen LogP contribution in [0, 0.1) is 0 Å². The number of amidine groups is 1. The molecule has 5 heteroatoms. The fourth-order valence-electron chi connectivity index (χ4n) is 2.24. The van der Waals surface area contributed by atoms with E-state index in [4.69, 9.17) is 0 Å². The fourth-order valence-corrected chi connectivity index (χ4v) is 2.24. The molecule has 3 rings (SSSR count). The summed E-state index contributed by atoms with van der Waals surface area (Å²) in [6.45, 7) is 1.85. The molecular formula is C14H13N3O2. The highest BCUT2D eigenvalue weighted by Crippen LogP contribution is 2.21. The number of Topliss-reactive ketones (excluding diaryl/α,β-unsaturated/α-hetero) is 1. The maximum atomic E-state index is 11.9. The second-order valence-electron chi connectivity index (χ2n) is 4.54. The van der Waals surface area contributed by atoms with Gasteiger partial charge in [-0.2, -0.15) is 0 Å². The topological polar surface area (TPSA) is 61.8 Å². The van der Waals surface area contributed by atoms with Gasteiger partial charge in [0.15, 0.2) is 5.78 Å². The van der Waals surface area contributed by atoms with Crippen LogP contribution in [0.4, 0.5) is 0 Å². The first-order valence-electron chi connectivity index (χ1n) is 6.08.